The highest BCUT2D eigenvalue weighted by atomic mass is 79.9. The van der Waals surface area contributed by atoms with Crippen molar-refractivity contribution in [2.45, 2.75) is 6.54 Å². The van der Waals surface area contributed by atoms with E-state index in [1.807, 2.05) is 42.5 Å². The van der Waals surface area contributed by atoms with Crippen LogP contribution < -0.4 is 5.32 Å². The van der Waals surface area contributed by atoms with E-state index in [0.717, 1.165) is 26.6 Å². The standard InChI is InChI=1S/C17H12BrN3/c18-15-8-14-2-1-3-16(17(14)21-11-15)20-10-13-6-4-12(9-19)5-7-13/h1-8,11,20H,10H2. The minimum atomic E-state index is 0.676. The van der Waals surface area contributed by atoms with Gasteiger partial charge in [-0.05, 0) is 45.8 Å². The largest absolute Gasteiger partial charge is 0.379 e. The normalized spacial score (nSPS) is 10.3. The maximum Gasteiger partial charge on any atom is 0.0991 e. The number of fused-ring (bicyclic) bond motifs is 1. The lowest BCUT2D eigenvalue weighted by molar-refractivity contribution is 1.15. The lowest BCUT2D eigenvalue weighted by Crippen LogP contribution is -2.00. The number of pyridine rings is 1. The van der Waals surface area contributed by atoms with Gasteiger partial charge >= 0.3 is 0 Å². The predicted octanol–water partition coefficient (Wildman–Crippen LogP) is 4.48. The molecule has 0 fully saturated rings. The van der Waals surface area contributed by atoms with Gasteiger partial charge in [-0.2, -0.15) is 5.26 Å². The first-order chi connectivity index (χ1) is 10.3. The number of hydrogen-bond donors (Lipinski definition) is 1. The highest BCUT2D eigenvalue weighted by molar-refractivity contribution is 9.10. The van der Waals surface area contributed by atoms with E-state index >= 15 is 0 Å². The summed E-state index contributed by atoms with van der Waals surface area (Å²) in [4.78, 5) is 4.47. The van der Waals surface area contributed by atoms with Crippen molar-refractivity contribution in [3.63, 3.8) is 0 Å². The maximum atomic E-state index is 8.80. The van der Waals surface area contributed by atoms with E-state index in [0.29, 0.717) is 12.1 Å². The molecule has 3 aromatic rings. The Hall–Kier alpha value is -2.38. The van der Waals surface area contributed by atoms with Crippen LogP contribution in [0.25, 0.3) is 10.9 Å². The molecule has 0 radical (unpaired) electrons. The van der Waals surface area contributed by atoms with Crippen molar-refractivity contribution in [2.75, 3.05) is 5.32 Å². The van der Waals surface area contributed by atoms with Crippen LogP contribution in [0.15, 0.2) is 59.2 Å². The smallest absolute Gasteiger partial charge is 0.0991 e. The Morgan fingerprint density at radius 3 is 2.71 bits per heavy atom. The predicted molar refractivity (Wildman–Crippen MR) is 87.9 cm³/mol. The summed E-state index contributed by atoms with van der Waals surface area (Å²) in [6, 6.07) is 17.8. The van der Waals surface area contributed by atoms with Crippen molar-refractivity contribution in [3.05, 3.63) is 70.3 Å². The molecule has 0 aliphatic rings. The third-order valence-electron chi connectivity index (χ3n) is 3.24. The summed E-state index contributed by atoms with van der Waals surface area (Å²) in [5.74, 6) is 0. The topological polar surface area (TPSA) is 48.7 Å². The molecule has 0 atom stereocenters. The van der Waals surface area contributed by atoms with Crippen LogP contribution in [0.2, 0.25) is 0 Å². The summed E-state index contributed by atoms with van der Waals surface area (Å²) in [5.41, 5.74) is 3.76. The minimum Gasteiger partial charge on any atom is -0.379 e. The zero-order valence-corrected chi connectivity index (χ0v) is 12.8. The van der Waals surface area contributed by atoms with E-state index in [4.69, 9.17) is 5.26 Å². The van der Waals surface area contributed by atoms with Crippen molar-refractivity contribution < 1.29 is 0 Å². The van der Waals surface area contributed by atoms with Gasteiger partial charge in [0.15, 0.2) is 0 Å². The number of nitrogens with one attached hydrogen (secondary N) is 1. The molecule has 1 N–H and O–H groups in total. The Labute approximate surface area is 131 Å². The highest BCUT2D eigenvalue weighted by Gasteiger charge is 2.03. The summed E-state index contributed by atoms with van der Waals surface area (Å²) in [6.07, 6.45) is 1.80. The third-order valence-corrected chi connectivity index (χ3v) is 3.68. The Balaban J connectivity index is 1.83. The molecule has 21 heavy (non-hydrogen) atoms. The molecule has 1 aromatic heterocycles. The number of nitrogens with zero attached hydrogens (tertiary/aromatic N) is 2. The summed E-state index contributed by atoms with van der Waals surface area (Å²) in [5, 5.41) is 13.3. The first-order valence-electron chi connectivity index (χ1n) is 6.53. The number of nitriles is 1. The first kappa shape index (κ1) is 13.6. The van der Waals surface area contributed by atoms with Gasteiger partial charge in [0.2, 0.25) is 0 Å². The number of hydrogen-bond acceptors (Lipinski definition) is 3. The minimum absolute atomic E-state index is 0.676. The van der Waals surface area contributed by atoms with Crippen LogP contribution in [0, 0.1) is 11.3 Å². The van der Waals surface area contributed by atoms with Crippen LogP contribution in [0.5, 0.6) is 0 Å². The van der Waals surface area contributed by atoms with E-state index in [1.165, 1.54) is 0 Å². The number of para-hydroxylation sites is 1. The van der Waals surface area contributed by atoms with Gasteiger partial charge in [-0.3, -0.25) is 4.98 Å². The average Bonchev–Trinajstić information content (AvgIpc) is 2.53. The molecule has 4 heteroatoms. The Bertz CT molecular complexity index is 820. The van der Waals surface area contributed by atoms with Gasteiger partial charge in [-0.1, -0.05) is 24.3 Å². The van der Waals surface area contributed by atoms with E-state index in [9.17, 15) is 0 Å². The molecule has 3 nitrogen and oxygen atoms in total. The van der Waals surface area contributed by atoms with Gasteiger partial charge < -0.3 is 5.32 Å². The fourth-order valence-corrected chi connectivity index (χ4v) is 2.52. The van der Waals surface area contributed by atoms with Crippen LogP contribution in [0.3, 0.4) is 0 Å². The Morgan fingerprint density at radius 2 is 1.95 bits per heavy atom. The summed E-state index contributed by atoms with van der Waals surface area (Å²) < 4.78 is 0.972. The van der Waals surface area contributed by atoms with E-state index in [1.54, 1.807) is 6.20 Å². The van der Waals surface area contributed by atoms with Crippen molar-refractivity contribution in [3.8, 4) is 6.07 Å². The van der Waals surface area contributed by atoms with Crippen molar-refractivity contribution in [2.24, 2.45) is 0 Å². The quantitative estimate of drug-likeness (QED) is 0.766. The molecule has 0 saturated carbocycles. The summed E-state index contributed by atoms with van der Waals surface area (Å²) in [7, 11) is 0. The van der Waals surface area contributed by atoms with E-state index in [2.05, 4.69) is 38.4 Å². The van der Waals surface area contributed by atoms with Crippen LogP contribution in [0.1, 0.15) is 11.1 Å². The van der Waals surface area contributed by atoms with Gasteiger partial charge in [0.05, 0.1) is 22.8 Å². The number of halogens is 1. The molecule has 0 unspecified atom stereocenters. The SMILES string of the molecule is N#Cc1ccc(CNc2cccc3cc(Br)cnc23)cc1. The molecule has 3 rings (SSSR count). The molecule has 0 bridgehead atoms. The van der Waals surface area contributed by atoms with Crippen LogP contribution in [-0.2, 0) is 6.54 Å². The molecule has 0 amide bonds. The summed E-state index contributed by atoms with van der Waals surface area (Å²) >= 11 is 3.44. The third kappa shape index (κ3) is 3.04. The zero-order chi connectivity index (χ0) is 14.7. The van der Waals surface area contributed by atoms with Crippen molar-refractivity contribution in [1.82, 2.24) is 4.98 Å². The van der Waals surface area contributed by atoms with Crippen molar-refractivity contribution >= 4 is 32.5 Å². The number of anilines is 1. The fourth-order valence-electron chi connectivity index (χ4n) is 2.17. The summed E-state index contributed by atoms with van der Waals surface area (Å²) in [6.45, 7) is 0.697. The second kappa shape index (κ2) is 5.94. The Kier molecular flexibility index (Phi) is 3.85. The number of benzene rings is 2. The lowest BCUT2D eigenvalue weighted by Gasteiger charge is -2.09. The molecule has 2 aromatic carbocycles. The van der Waals surface area contributed by atoms with E-state index in [-0.39, 0.29) is 0 Å². The lowest BCUT2D eigenvalue weighted by atomic mass is 10.1. The van der Waals surface area contributed by atoms with Gasteiger partial charge in [0.25, 0.3) is 0 Å². The van der Waals surface area contributed by atoms with Crippen LogP contribution >= 0.6 is 15.9 Å². The molecule has 102 valence electrons. The second-order valence-electron chi connectivity index (χ2n) is 4.69. The molecule has 0 spiro atoms. The van der Waals surface area contributed by atoms with Gasteiger partial charge in [0, 0.05) is 22.6 Å². The average molecular weight is 338 g/mol. The molecular weight excluding hydrogens is 326 g/mol. The molecule has 0 saturated heterocycles. The molecule has 0 aliphatic carbocycles. The Morgan fingerprint density at radius 1 is 1.14 bits per heavy atom. The van der Waals surface area contributed by atoms with Gasteiger partial charge in [-0.15, -0.1) is 0 Å². The number of rotatable bonds is 3. The van der Waals surface area contributed by atoms with Crippen LogP contribution in [-0.4, -0.2) is 4.98 Å². The van der Waals surface area contributed by atoms with Gasteiger partial charge in [0.1, 0.15) is 0 Å². The molecular formula is C17H12BrN3. The fraction of sp³-hybridized carbons (Fsp3) is 0.0588. The van der Waals surface area contributed by atoms with Crippen LogP contribution in [0.4, 0.5) is 5.69 Å². The van der Waals surface area contributed by atoms with Gasteiger partial charge in [-0.25, -0.2) is 0 Å². The highest BCUT2D eigenvalue weighted by Crippen LogP contribution is 2.24. The molecule has 0 aliphatic heterocycles. The number of aromatic nitrogens is 1. The second-order valence-corrected chi connectivity index (χ2v) is 5.61. The monoisotopic (exact) mass is 337 g/mol. The van der Waals surface area contributed by atoms with E-state index < -0.39 is 0 Å². The first-order valence-corrected chi connectivity index (χ1v) is 7.33. The van der Waals surface area contributed by atoms with Crippen molar-refractivity contribution in [1.29, 1.82) is 5.26 Å². The maximum absolute atomic E-state index is 8.80. The molecule has 1 heterocycles. The zero-order valence-electron chi connectivity index (χ0n) is 11.2.